The summed E-state index contributed by atoms with van der Waals surface area (Å²) in [5.41, 5.74) is 4.52. The first-order valence-electron chi connectivity index (χ1n) is 5.26. The van der Waals surface area contributed by atoms with Crippen molar-refractivity contribution in [3.63, 3.8) is 0 Å². The summed E-state index contributed by atoms with van der Waals surface area (Å²) in [7, 11) is 0. The van der Waals surface area contributed by atoms with Crippen molar-refractivity contribution in [3.05, 3.63) is 24.0 Å². The van der Waals surface area contributed by atoms with Gasteiger partial charge in [-0.05, 0) is 13.3 Å². The van der Waals surface area contributed by atoms with Crippen LogP contribution < -0.4 is 16.0 Å². The fourth-order valence-corrected chi connectivity index (χ4v) is 1.29. The molecule has 3 N–H and O–H groups in total. The van der Waals surface area contributed by atoms with Crippen LogP contribution in [0.2, 0.25) is 0 Å². The number of nitrogen functional groups attached to an aromatic ring is 1. The van der Waals surface area contributed by atoms with Crippen LogP contribution in [0.25, 0.3) is 0 Å². The Morgan fingerprint density at radius 1 is 1.56 bits per heavy atom. The van der Waals surface area contributed by atoms with Crippen LogP contribution in [0.15, 0.2) is 18.5 Å². The van der Waals surface area contributed by atoms with E-state index in [9.17, 15) is 0 Å². The van der Waals surface area contributed by atoms with E-state index in [1.807, 2.05) is 13.8 Å². The Bertz CT molecular complexity index is 365. The molecule has 1 rings (SSSR count). The van der Waals surface area contributed by atoms with Crippen molar-refractivity contribution in [1.82, 2.24) is 9.97 Å². The molecule has 0 aliphatic heterocycles. The van der Waals surface area contributed by atoms with Gasteiger partial charge in [-0.1, -0.05) is 12.5 Å². The van der Waals surface area contributed by atoms with E-state index in [1.165, 1.54) is 6.33 Å². The van der Waals surface area contributed by atoms with Gasteiger partial charge >= 0.3 is 0 Å². The zero-order chi connectivity index (χ0) is 12.0. The summed E-state index contributed by atoms with van der Waals surface area (Å²) in [6, 6.07) is 0. The first kappa shape index (κ1) is 12.4. The van der Waals surface area contributed by atoms with E-state index in [-0.39, 0.29) is 0 Å². The first-order valence-corrected chi connectivity index (χ1v) is 5.26. The highest BCUT2D eigenvalue weighted by molar-refractivity contribution is 5.47. The normalized spacial score (nSPS) is 9.94. The third-order valence-electron chi connectivity index (χ3n) is 2.16. The predicted molar refractivity (Wildman–Crippen MR) is 64.1 cm³/mol. The number of ether oxygens (including phenoxy) is 1. The lowest BCUT2D eigenvalue weighted by molar-refractivity contribution is 0.305. The van der Waals surface area contributed by atoms with Gasteiger partial charge in [0.25, 0.3) is 0 Å². The van der Waals surface area contributed by atoms with Gasteiger partial charge in [0.1, 0.15) is 12.1 Å². The van der Waals surface area contributed by atoms with Crippen molar-refractivity contribution in [1.29, 1.82) is 0 Å². The molecule has 0 radical (unpaired) electrons. The van der Waals surface area contributed by atoms with Gasteiger partial charge in [0.15, 0.2) is 0 Å². The number of anilines is 1. The SMILES string of the molecule is C=C(C)CCOc1ncnc(NN)c1CC. The molecule has 16 heavy (non-hydrogen) atoms. The molecule has 0 fully saturated rings. The number of nitrogens with two attached hydrogens (primary N) is 1. The van der Waals surface area contributed by atoms with E-state index in [0.717, 1.165) is 24.0 Å². The monoisotopic (exact) mass is 222 g/mol. The molecule has 0 amide bonds. The lowest BCUT2D eigenvalue weighted by Gasteiger charge is -2.11. The number of hydrogen-bond donors (Lipinski definition) is 2. The lowest BCUT2D eigenvalue weighted by atomic mass is 10.2. The van der Waals surface area contributed by atoms with Gasteiger partial charge in [0, 0.05) is 6.42 Å². The maximum Gasteiger partial charge on any atom is 0.221 e. The third-order valence-corrected chi connectivity index (χ3v) is 2.16. The second-order valence-electron chi connectivity index (χ2n) is 3.56. The van der Waals surface area contributed by atoms with Crippen molar-refractivity contribution in [2.75, 3.05) is 12.0 Å². The Balaban J connectivity index is 2.74. The summed E-state index contributed by atoms with van der Waals surface area (Å²) >= 11 is 0. The summed E-state index contributed by atoms with van der Waals surface area (Å²) in [5.74, 6) is 6.57. The molecule has 0 bridgehead atoms. The van der Waals surface area contributed by atoms with Crippen molar-refractivity contribution in [2.45, 2.75) is 26.7 Å². The molecule has 0 atom stereocenters. The minimum atomic E-state index is 0.573. The highest BCUT2D eigenvalue weighted by Crippen LogP contribution is 2.21. The van der Waals surface area contributed by atoms with Crippen LogP contribution in [-0.2, 0) is 6.42 Å². The molecular weight excluding hydrogens is 204 g/mol. The second-order valence-corrected chi connectivity index (χ2v) is 3.56. The number of nitrogens with one attached hydrogen (secondary N) is 1. The molecule has 0 saturated heterocycles. The first-order chi connectivity index (χ1) is 7.69. The summed E-state index contributed by atoms with van der Waals surface area (Å²) < 4.78 is 5.57. The number of nitrogens with zero attached hydrogens (tertiary/aromatic N) is 2. The molecule has 1 aromatic heterocycles. The lowest BCUT2D eigenvalue weighted by Crippen LogP contribution is -2.13. The molecule has 5 nitrogen and oxygen atoms in total. The molecule has 1 heterocycles. The summed E-state index contributed by atoms with van der Waals surface area (Å²) in [4.78, 5) is 8.12. The second kappa shape index (κ2) is 6.07. The van der Waals surface area contributed by atoms with Crippen molar-refractivity contribution >= 4 is 5.82 Å². The van der Waals surface area contributed by atoms with Gasteiger partial charge in [-0.15, -0.1) is 6.58 Å². The fourth-order valence-electron chi connectivity index (χ4n) is 1.29. The summed E-state index contributed by atoms with van der Waals surface area (Å²) in [6.07, 6.45) is 3.02. The molecular formula is C11H18N4O. The average Bonchev–Trinajstić information content (AvgIpc) is 2.28. The standard InChI is InChI=1S/C11H18N4O/c1-4-9-10(15-12)13-7-14-11(9)16-6-5-8(2)3/h7H,2,4-6,12H2,1,3H3,(H,13,14,15). The highest BCUT2D eigenvalue weighted by Gasteiger charge is 2.09. The van der Waals surface area contributed by atoms with Crippen LogP contribution >= 0.6 is 0 Å². The Labute approximate surface area is 95.7 Å². The van der Waals surface area contributed by atoms with Gasteiger partial charge in [0.2, 0.25) is 5.88 Å². The maximum absolute atomic E-state index is 5.57. The van der Waals surface area contributed by atoms with Gasteiger partial charge < -0.3 is 10.2 Å². The molecule has 88 valence electrons. The van der Waals surface area contributed by atoms with Crippen molar-refractivity contribution in [2.24, 2.45) is 5.84 Å². The number of hydrazine groups is 1. The Hall–Kier alpha value is -1.62. The smallest absolute Gasteiger partial charge is 0.221 e. The number of aromatic nitrogens is 2. The number of rotatable bonds is 6. The summed E-state index contributed by atoms with van der Waals surface area (Å²) in [5, 5.41) is 0. The molecule has 5 heteroatoms. The minimum Gasteiger partial charge on any atom is -0.477 e. The average molecular weight is 222 g/mol. The number of hydrogen-bond acceptors (Lipinski definition) is 5. The van der Waals surface area contributed by atoms with Crippen LogP contribution in [0.4, 0.5) is 5.82 Å². The molecule has 0 spiro atoms. The van der Waals surface area contributed by atoms with E-state index in [1.54, 1.807) is 0 Å². The van der Waals surface area contributed by atoms with Crippen molar-refractivity contribution < 1.29 is 4.74 Å². The fraction of sp³-hybridized carbons (Fsp3) is 0.455. The zero-order valence-corrected chi connectivity index (χ0v) is 9.79. The minimum absolute atomic E-state index is 0.573. The van der Waals surface area contributed by atoms with Crippen LogP contribution in [0.1, 0.15) is 25.8 Å². The Kier molecular flexibility index (Phi) is 4.72. The van der Waals surface area contributed by atoms with Crippen LogP contribution in [0.5, 0.6) is 5.88 Å². The molecule has 0 aliphatic carbocycles. The Morgan fingerprint density at radius 3 is 2.88 bits per heavy atom. The highest BCUT2D eigenvalue weighted by atomic mass is 16.5. The van der Waals surface area contributed by atoms with Gasteiger partial charge in [0.05, 0.1) is 12.2 Å². The largest absolute Gasteiger partial charge is 0.477 e. The topological polar surface area (TPSA) is 73.1 Å². The molecule has 0 aromatic carbocycles. The van der Waals surface area contributed by atoms with E-state index < -0.39 is 0 Å². The molecule has 0 unspecified atom stereocenters. The molecule has 0 aliphatic rings. The quantitative estimate of drug-likeness (QED) is 0.435. The van der Waals surface area contributed by atoms with Gasteiger partial charge in [-0.25, -0.2) is 15.8 Å². The Morgan fingerprint density at radius 2 is 2.31 bits per heavy atom. The molecule has 1 aromatic rings. The molecule has 0 saturated carbocycles. The van der Waals surface area contributed by atoms with Crippen molar-refractivity contribution in [3.8, 4) is 5.88 Å². The van der Waals surface area contributed by atoms with Crippen LogP contribution in [-0.4, -0.2) is 16.6 Å². The van der Waals surface area contributed by atoms with Crippen LogP contribution in [0, 0.1) is 0 Å². The van der Waals surface area contributed by atoms with E-state index in [0.29, 0.717) is 18.3 Å². The van der Waals surface area contributed by atoms with E-state index in [4.69, 9.17) is 10.6 Å². The zero-order valence-electron chi connectivity index (χ0n) is 9.79. The van der Waals surface area contributed by atoms with Crippen LogP contribution in [0.3, 0.4) is 0 Å². The maximum atomic E-state index is 5.57. The summed E-state index contributed by atoms with van der Waals surface area (Å²) in [6.45, 7) is 8.36. The predicted octanol–water partition coefficient (Wildman–Crippen LogP) is 1.67. The van der Waals surface area contributed by atoms with Gasteiger partial charge in [-0.2, -0.15) is 0 Å². The van der Waals surface area contributed by atoms with E-state index >= 15 is 0 Å². The third kappa shape index (κ3) is 3.20. The van der Waals surface area contributed by atoms with E-state index in [2.05, 4.69) is 22.0 Å². The van der Waals surface area contributed by atoms with Gasteiger partial charge in [-0.3, -0.25) is 0 Å².